The minimum atomic E-state index is -0.195. The Morgan fingerprint density at radius 3 is 2.58 bits per heavy atom. The van der Waals surface area contributed by atoms with Gasteiger partial charge in [0, 0.05) is 16.7 Å². The molecule has 0 radical (unpaired) electrons. The standard InChI is InChI=1S/C23H24FNS/c1-17(16-26-21-12-10-20(24)11-13-21)14-15-25-18(2)22-9-5-7-19-6-3-4-8-23(19)22/h3-13,18,25H,1,14-16H2,2H3/t18-/m1/s1. The van der Waals surface area contributed by atoms with Gasteiger partial charge in [-0.05, 0) is 60.5 Å². The molecule has 0 aliphatic rings. The Kier molecular flexibility index (Phi) is 6.48. The fraction of sp³-hybridized carbons (Fsp3) is 0.217. The van der Waals surface area contributed by atoms with Crippen molar-refractivity contribution in [3.63, 3.8) is 0 Å². The summed E-state index contributed by atoms with van der Waals surface area (Å²) in [6.45, 7) is 7.27. The smallest absolute Gasteiger partial charge is 0.123 e. The van der Waals surface area contributed by atoms with Crippen LogP contribution in [0.1, 0.15) is 24.9 Å². The zero-order chi connectivity index (χ0) is 18.4. The number of benzene rings is 3. The molecular formula is C23H24FNS. The first-order valence-corrected chi connectivity index (χ1v) is 9.88. The number of fused-ring (bicyclic) bond motifs is 1. The van der Waals surface area contributed by atoms with Gasteiger partial charge >= 0.3 is 0 Å². The molecule has 3 aromatic carbocycles. The molecule has 0 fully saturated rings. The lowest BCUT2D eigenvalue weighted by molar-refractivity contribution is 0.579. The van der Waals surface area contributed by atoms with E-state index in [1.807, 2.05) is 12.1 Å². The van der Waals surface area contributed by atoms with Crippen LogP contribution in [0.25, 0.3) is 10.8 Å². The Morgan fingerprint density at radius 1 is 1.04 bits per heavy atom. The van der Waals surface area contributed by atoms with Crippen LogP contribution in [0.5, 0.6) is 0 Å². The molecule has 0 spiro atoms. The van der Waals surface area contributed by atoms with Gasteiger partial charge in [-0.3, -0.25) is 0 Å². The Hall–Kier alpha value is -2.10. The molecule has 0 heterocycles. The molecule has 0 aromatic heterocycles. The van der Waals surface area contributed by atoms with Gasteiger partial charge in [-0.1, -0.05) is 54.6 Å². The highest BCUT2D eigenvalue weighted by Gasteiger charge is 2.08. The van der Waals surface area contributed by atoms with Crippen LogP contribution in [0.4, 0.5) is 4.39 Å². The van der Waals surface area contributed by atoms with Crippen LogP contribution in [0.15, 0.2) is 83.8 Å². The van der Waals surface area contributed by atoms with E-state index in [1.165, 1.54) is 34.0 Å². The third-order valence-corrected chi connectivity index (χ3v) is 5.63. The average Bonchev–Trinajstić information content (AvgIpc) is 2.67. The van der Waals surface area contributed by atoms with Gasteiger partial charge in [0.25, 0.3) is 0 Å². The first kappa shape index (κ1) is 18.7. The Bertz CT molecular complexity index is 868. The molecule has 26 heavy (non-hydrogen) atoms. The fourth-order valence-electron chi connectivity index (χ4n) is 2.99. The van der Waals surface area contributed by atoms with Gasteiger partial charge in [0.1, 0.15) is 5.82 Å². The second kappa shape index (κ2) is 9.02. The Morgan fingerprint density at radius 2 is 1.77 bits per heavy atom. The summed E-state index contributed by atoms with van der Waals surface area (Å²) in [4.78, 5) is 1.07. The van der Waals surface area contributed by atoms with Crippen LogP contribution in [0, 0.1) is 5.82 Å². The van der Waals surface area contributed by atoms with E-state index in [0.29, 0.717) is 6.04 Å². The normalized spacial score (nSPS) is 12.2. The van der Waals surface area contributed by atoms with E-state index >= 15 is 0 Å². The molecule has 1 atom stereocenters. The van der Waals surface area contributed by atoms with E-state index in [2.05, 4.69) is 61.3 Å². The zero-order valence-electron chi connectivity index (χ0n) is 15.0. The van der Waals surface area contributed by atoms with Crippen LogP contribution < -0.4 is 5.32 Å². The summed E-state index contributed by atoms with van der Waals surface area (Å²) in [5.74, 6) is 0.662. The van der Waals surface area contributed by atoms with Crippen molar-refractivity contribution >= 4 is 22.5 Å². The Labute approximate surface area is 159 Å². The monoisotopic (exact) mass is 365 g/mol. The molecule has 134 valence electrons. The molecule has 0 aliphatic heterocycles. The van der Waals surface area contributed by atoms with Crippen molar-refractivity contribution in [2.24, 2.45) is 0 Å². The summed E-state index contributed by atoms with van der Waals surface area (Å²) in [6.07, 6.45) is 0.934. The van der Waals surface area contributed by atoms with E-state index in [0.717, 1.165) is 23.6 Å². The van der Waals surface area contributed by atoms with E-state index in [4.69, 9.17) is 0 Å². The minimum Gasteiger partial charge on any atom is -0.310 e. The van der Waals surface area contributed by atoms with Crippen molar-refractivity contribution in [2.75, 3.05) is 12.3 Å². The van der Waals surface area contributed by atoms with E-state index in [9.17, 15) is 4.39 Å². The van der Waals surface area contributed by atoms with Gasteiger partial charge in [-0.2, -0.15) is 0 Å². The molecule has 3 aromatic rings. The highest BCUT2D eigenvalue weighted by atomic mass is 32.2. The molecule has 3 rings (SSSR count). The van der Waals surface area contributed by atoms with Crippen molar-refractivity contribution < 1.29 is 4.39 Å². The van der Waals surface area contributed by atoms with Gasteiger partial charge in [-0.15, -0.1) is 11.8 Å². The van der Waals surface area contributed by atoms with Gasteiger partial charge in [-0.25, -0.2) is 4.39 Å². The maximum absolute atomic E-state index is 12.9. The average molecular weight is 366 g/mol. The maximum atomic E-state index is 12.9. The lowest BCUT2D eigenvalue weighted by atomic mass is 9.99. The molecular weight excluding hydrogens is 341 g/mol. The predicted octanol–water partition coefficient (Wildman–Crippen LogP) is 6.37. The summed E-state index contributed by atoms with van der Waals surface area (Å²) in [5.41, 5.74) is 2.52. The molecule has 0 aliphatic carbocycles. The molecule has 1 N–H and O–H groups in total. The third kappa shape index (κ3) is 4.96. The minimum absolute atomic E-state index is 0.195. The van der Waals surface area contributed by atoms with Crippen molar-refractivity contribution in [1.29, 1.82) is 0 Å². The summed E-state index contributed by atoms with van der Waals surface area (Å²) >= 11 is 1.70. The van der Waals surface area contributed by atoms with Crippen molar-refractivity contribution in [3.05, 3.63) is 90.3 Å². The summed E-state index contributed by atoms with van der Waals surface area (Å²) < 4.78 is 12.9. The highest BCUT2D eigenvalue weighted by molar-refractivity contribution is 7.99. The molecule has 0 amide bonds. The van der Waals surface area contributed by atoms with Gasteiger partial charge in [0.05, 0.1) is 0 Å². The lowest BCUT2D eigenvalue weighted by Crippen LogP contribution is -2.20. The number of rotatable bonds is 8. The zero-order valence-corrected chi connectivity index (χ0v) is 15.9. The third-order valence-electron chi connectivity index (χ3n) is 4.48. The predicted molar refractivity (Wildman–Crippen MR) is 111 cm³/mol. The van der Waals surface area contributed by atoms with Gasteiger partial charge < -0.3 is 5.32 Å². The quantitative estimate of drug-likeness (QED) is 0.368. The first-order chi connectivity index (χ1) is 12.6. The first-order valence-electron chi connectivity index (χ1n) is 8.89. The number of halogens is 1. The molecule has 0 unspecified atom stereocenters. The SMILES string of the molecule is C=C(CCN[C@H](C)c1cccc2ccccc12)CSc1ccc(F)cc1. The second-order valence-electron chi connectivity index (χ2n) is 6.49. The van der Waals surface area contributed by atoms with Crippen LogP contribution in [0.2, 0.25) is 0 Å². The number of hydrogen-bond donors (Lipinski definition) is 1. The molecule has 3 heteroatoms. The number of thioether (sulfide) groups is 1. The Balaban J connectivity index is 1.47. The van der Waals surface area contributed by atoms with Crippen LogP contribution in [0.3, 0.4) is 0 Å². The highest BCUT2D eigenvalue weighted by Crippen LogP contribution is 2.24. The maximum Gasteiger partial charge on any atom is 0.123 e. The van der Waals surface area contributed by atoms with E-state index < -0.39 is 0 Å². The number of nitrogens with one attached hydrogen (secondary N) is 1. The molecule has 0 bridgehead atoms. The summed E-state index contributed by atoms with van der Waals surface area (Å²) in [7, 11) is 0. The fourth-order valence-corrected chi connectivity index (χ4v) is 3.84. The molecule has 1 nitrogen and oxygen atoms in total. The van der Waals surface area contributed by atoms with Crippen LogP contribution in [-0.2, 0) is 0 Å². The van der Waals surface area contributed by atoms with Crippen LogP contribution in [-0.4, -0.2) is 12.3 Å². The van der Waals surface area contributed by atoms with E-state index in [-0.39, 0.29) is 5.82 Å². The molecule has 0 saturated carbocycles. The van der Waals surface area contributed by atoms with E-state index in [1.54, 1.807) is 11.8 Å². The number of hydrogen-bond acceptors (Lipinski definition) is 2. The summed E-state index contributed by atoms with van der Waals surface area (Å²) in [6, 6.07) is 21.9. The topological polar surface area (TPSA) is 12.0 Å². The van der Waals surface area contributed by atoms with Gasteiger partial charge in [0.2, 0.25) is 0 Å². The largest absolute Gasteiger partial charge is 0.310 e. The molecule has 0 saturated heterocycles. The van der Waals surface area contributed by atoms with Crippen molar-refractivity contribution in [2.45, 2.75) is 24.3 Å². The van der Waals surface area contributed by atoms with Crippen LogP contribution >= 0.6 is 11.8 Å². The van der Waals surface area contributed by atoms with Gasteiger partial charge in [0.15, 0.2) is 0 Å². The van der Waals surface area contributed by atoms with Crippen molar-refractivity contribution in [3.8, 4) is 0 Å². The lowest BCUT2D eigenvalue weighted by Gasteiger charge is -2.17. The summed E-state index contributed by atoms with van der Waals surface area (Å²) in [5, 5.41) is 6.19. The van der Waals surface area contributed by atoms with Crippen molar-refractivity contribution in [1.82, 2.24) is 5.32 Å². The second-order valence-corrected chi connectivity index (χ2v) is 7.54.